The van der Waals surface area contributed by atoms with Crippen molar-refractivity contribution in [2.24, 2.45) is 5.92 Å². The maximum absolute atomic E-state index is 12.1. The van der Waals surface area contributed by atoms with Crippen LogP contribution < -0.4 is 0 Å². The van der Waals surface area contributed by atoms with Crippen LogP contribution in [0.3, 0.4) is 0 Å². The molecule has 0 aliphatic heterocycles. The van der Waals surface area contributed by atoms with Crippen molar-refractivity contribution in [3.63, 3.8) is 0 Å². The summed E-state index contributed by atoms with van der Waals surface area (Å²) in [6.45, 7) is 7.43. The van der Waals surface area contributed by atoms with E-state index in [4.69, 9.17) is 14.6 Å². The first-order valence-corrected chi connectivity index (χ1v) is 7.98. The quantitative estimate of drug-likeness (QED) is 0.788. The highest BCUT2D eigenvalue weighted by Gasteiger charge is 2.30. The van der Waals surface area contributed by atoms with Gasteiger partial charge in [-0.1, -0.05) is 6.92 Å². The number of aliphatic carboxylic acids is 1. The molecule has 1 rings (SSSR count). The van der Waals surface area contributed by atoms with Gasteiger partial charge in [0.15, 0.2) is 0 Å². The summed E-state index contributed by atoms with van der Waals surface area (Å²) in [6.07, 6.45) is 2.61. The Labute approximate surface area is 132 Å². The molecule has 1 N–H and O–H groups in total. The van der Waals surface area contributed by atoms with E-state index in [0.29, 0.717) is 19.3 Å². The van der Waals surface area contributed by atoms with Crippen LogP contribution in [-0.4, -0.2) is 47.0 Å². The topological polar surface area (TPSA) is 76.1 Å². The van der Waals surface area contributed by atoms with Crippen LogP contribution in [0.15, 0.2) is 0 Å². The van der Waals surface area contributed by atoms with Gasteiger partial charge in [0.2, 0.25) is 0 Å². The van der Waals surface area contributed by atoms with E-state index in [1.54, 1.807) is 7.05 Å². The number of amides is 1. The fourth-order valence-corrected chi connectivity index (χ4v) is 2.58. The van der Waals surface area contributed by atoms with Crippen molar-refractivity contribution in [2.75, 3.05) is 7.05 Å². The molecule has 1 fully saturated rings. The van der Waals surface area contributed by atoms with E-state index >= 15 is 0 Å². The van der Waals surface area contributed by atoms with E-state index in [-0.39, 0.29) is 18.2 Å². The number of ether oxygens (including phenoxy) is 2. The Kier molecular flexibility index (Phi) is 6.66. The molecule has 1 saturated carbocycles. The highest BCUT2D eigenvalue weighted by atomic mass is 16.6. The Balaban J connectivity index is 2.51. The summed E-state index contributed by atoms with van der Waals surface area (Å²) in [5.41, 5.74) is -0.539. The molecule has 128 valence electrons. The van der Waals surface area contributed by atoms with Crippen LogP contribution in [0.4, 0.5) is 4.79 Å². The van der Waals surface area contributed by atoms with Gasteiger partial charge in [-0.2, -0.15) is 0 Å². The van der Waals surface area contributed by atoms with Gasteiger partial charge in [0, 0.05) is 7.05 Å². The highest BCUT2D eigenvalue weighted by Crippen LogP contribution is 2.28. The molecule has 0 aromatic heterocycles. The van der Waals surface area contributed by atoms with Gasteiger partial charge < -0.3 is 14.6 Å². The highest BCUT2D eigenvalue weighted by molar-refractivity contribution is 5.70. The molecule has 1 atom stereocenters. The maximum Gasteiger partial charge on any atom is 0.412 e. The Hall–Kier alpha value is -1.30. The van der Waals surface area contributed by atoms with Gasteiger partial charge in [-0.15, -0.1) is 0 Å². The van der Waals surface area contributed by atoms with Gasteiger partial charge in [-0.25, -0.2) is 4.79 Å². The van der Waals surface area contributed by atoms with Crippen molar-refractivity contribution in [1.82, 2.24) is 4.90 Å². The van der Waals surface area contributed by atoms with Crippen molar-refractivity contribution in [1.29, 1.82) is 0 Å². The van der Waals surface area contributed by atoms with Gasteiger partial charge in [0.05, 0.1) is 12.0 Å². The summed E-state index contributed by atoms with van der Waals surface area (Å²) in [5, 5.41) is 9.01. The van der Waals surface area contributed by atoms with E-state index in [1.807, 2.05) is 27.7 Å². The third-order valence-electron chi connectivity index (χ3n) is 3.84. The maximum atomic E-state index is 12.1. The number of rotatable bonds is 5. The average Bonchev–Trinajstić information content (AvgIpc) is 2.42. The standard InChI is InChI=1S/C16H29NO5/c1-6-13(17(5)15(20)22-16(2,3)4)21-12-9-7-11(8-10-12)14(18)19/h11-13H,6-10H2,1-5H3,(H,18,19)/t11?,12?,13-/m0/s1. The number of carboxylic acids is 1. The minimum Gasteiger partial charge on any atom is -0.481 e. The van der Waals surface area contributed by atoms with Crippen LogP contribution in [0.5, 0.6) is 0 Å². The van der Waals surface area contributed by atoms with E-state index in [9.17, 15) is 9.59 Å². The number of hydrogen-bond acceptors (Lipinski definition) is 4. The summed E-state index contributed by atoms with van der Waals surface area (Å²) in [7, 11) is 1.67. The zero-order valence-electron chi connectivity index (χ0n) is 14.3. The van der Waals surface area contributed by atoms with Gasteiger partial charge in [-0.05, 0) is 52.9 Å². The minimum absolute atomic E-state index is 0.00503. The summed E-state index contributed by atoms with van der Waals surface area (Å²) < 4.78 is 11.3. The molecule has 6 heteroatoms. The number of carboxylic acid groups (broad SMARTS) is 1. The Morgan fingerprint density at radius 3 is 2.18 bits per heavy atom. The van der Waals surface area contributed by atoms with Crippen molar-refractivity contribution < 1.29 is 24.2 Å². The monoisotopic (exact) mass is 315 g/mol. The lowest BCUT2D eigenvalue weighted by molar-refractivity contribution is -0.145. The van der Waals surface area contributed by atoms with Crippen LogP contribution in [0.1, 0.15) is 59.8 Å². The van der Waals surface area contributed by atoms with E-state index in [1.165, 1.54) is 4.90 Å². The lowest BCUT2D eigenvalue weighted by Gasteiger charge is -2.34. The van der Waals surface area contributed by atoms with Gasteiger partial charge in [0.25, 0.3) is 0 Å². The molecule has 0 bridgehead atoms. The van der Waals surface area contributed by atoms with E-state index < -0.39 is 17.7 Å². The Morgan fingerprint density at radius 2 is 1.77 bits per heavy atom. The van der Waals surface area contributed by atoms with Gasteiger partial charge >= 0.3 is 12.1 Å². The first kappa shape index (κ1) is 18.7. The second-order valence-corrected chi connectivity index (χ2v) is 6.90. The first-order valence-electron chi connectivity index (χ1n) is 7.98. The lowest BCUT2D eigenvalue weighted by atomic mass is 9.87. The largest absolute Gasteiger partial charge is 0.481 e. The van der Waals surface area contributed by atoms with E-state index in [0.717, 1.165) is 12.8 Å². The molecular weight excluding hydrogens is 286 g/mol. The summed E-state index contributed by atoms with van der Waals surface area (Å²) in [5.74, 6) is -0.986. The first-order chi connectivity index (χ1) is 10.1. The smallest absolute Gasteiger partial charge is 0.412 e. The molecular formula is C16H29NO5. The molecule has 0 radical (unpaired) electrons. The normalized spacial score (nSPS) is 23.7. The number of carbonyl (C=O) groups excluding carboxylic acids is 1. The van der Waals surface area contributed by atoms with Crippen molar-refractivity contribution in [2.45, 2.75) is 77.7 Å². The second-order valence-electron chi connectivity index (χ2n) is 6.90. The Morgan fingerprint density at radius 1 is 1.23 bits per heavy atom. The molecule has 0 aromatic rings. The van der Waals surface area contributed by atoms with Crippen molar-refractivity contribution in [3.8, 4) is 0 Å². The van der Waals surface area contributed by atoms with Crippen molar-refractivity contribution >= 4 is 12.1 Å². The molecule has 1 amide bonds. The fourth-order valence-electron chi connectivity index (χ4n) is 2.58. The number of nitrogens with zero attached hydrogens (tertiary/aromatic N) is 1. The third-order valence-corrected chi connectivity index (χ3v) is 3.84. The van der Waals surface area contributed by atoms with Crippen LogP contribution in [0, 0.1) is 5.92 Å². The van der Waals surface area contributed by atoms with E-state index in [2.05, 4.69) is 0 Å². The van der Waals surface area contributed by atoms with Crippen LogP contribution in [0.2, 0.25) is 0 Å². The summed E-state index contributed by atoms with van der Waals surface area (Å²) in [6, 6.07) is 0. The SMILES string of the molecule is CC[C@H](OC1CCC(C(=O)O)CC1)N(C)C(=O)OC(C)(C)C. The van der Waals surface area contributed by atoms with Crippen molar-refractivity contribution in [3.05, 3.63) is 0 Å². The molecule has 1 aliphatic carbocycles. The fraction of sp³-hybridized carbons (Fsp3) is 0.875. The molecule has 1 aliphatic rings. The predicted molar refractivity (Wildman–Crippen MR) is 82.5 cm³/mol. The average molecular weight is 315 g/mol. The summed E-state index contributed by atoms with van der Waals surface area (Å²) >= 11 is 0. The Bertz CT molecular complexity index is 382. The molecule has 6 nitrogen and oxygen atoms in total. The zero-order valence-corrected chi connectivity index (χ0v) is 14.3. The predicted octanol–water partition coefficient (Wildman–Crippen LogP) is 3.25. The molecule has 0 spiro atoms. The van der Waals surface area contributed by atoms with Crippen LogP contribution in [0.25, 0.3) is 0 Å². The zero-order chi connectivity index (χ0) is 16.9. The van der Waals surface area contributed by atoms with Crippen LogP contribution >= 0.6 is 0 Å². The number of carbonyl (C=O) groups is 2. The summed E-state index contributed by atoms with van der Waals surface area (Å²) in [4.78, 5) is 24.5. The number of hydrogen-bond donors (Lipinski definition) is 1. The third kappa shape index (κ3) is 5.83. The molecule has 0 heterocycles. The van der Waals surface area contributed by atoms with Gasteiger partial charge in [-0.3, -0.25) is 9.69 Å². The van der Waals surface area contributed by atoms with Crippen LogP contribution in [-0.2, 0) is 14.3 Å². The molecule has 0 unspecified atom stereocenters. The molecule has 0 saturated heterocycles. The van der Waals surface area contributed by atoms with Gasteiger partial charge in [0.1, 0.15) is 11.8 Å². The minimum atomic E-state index is -0.726. The second kappa shape index (κ2) is 7.81. The molecule has 0 aromatic carbocycles. The lowest BCUT2D eigenvalue weighted by Crippen LogP contribution is -2.44. The molecule has 22 heavy (non-hydrogen) atoms.